The normalized spacial score (nSPS) is 28.0. The van der Waals surface area contributed by atoms with Gasteiger partial charge < -0.3 is 9.47 Å². The Morgan fingerprint density at radius 3 is 2.74 bits per heavy atom. The Bertz CT molecular complexity index is 961. The lowest BCUT2D eigenvalue weighted by Gasteiger charge is -2.47. The average molecular weight is 517 g/mol. The Hall–Kier alpha value is -1.21. The predicted octanol–water partition coefficient (Wildman–Crippen LogP) is 1.38. The third-order valence-corrected chi connectivity index (χ3v) is 6.17. The number of halogens is 3. The van der Waals surface area contributed by atoms with E-state index in [2.05, 4.69) is 13.9 Å². The van der Waals surface area contributed by atoms with Gasteiger partial charge in [-0.15, -0.1) is 0 Å². The summed E-state index contributed by atoms with van der Waals surface area (Å²) >= 11 is 16.6. The molecule has 1 saturated carbocycles. The molecule has 0 bridgehead atoms. The molecule has 3 atom stereocenters. The highest BCUT2D eigenvalue weighted by molar-refractivity contribution is 7.85. The molecule has 31 heavy (non-hydrogen) atoms. The molecule has 2 aliphatic carbocycles. The standard InChI is InChI=1S/C17H20Cl3N3O7S/c1-10(24)23-15(22-31(26,27)30-8-17(18,19)20)21-14-13(29-9-28-2)4-3-11-7-12(25)5-6-16(11,14)23/h5-7,13-14H,3-4,8-9H2,1-2H3,(H,21,22)/t13-,14-,16+/m1/s1. The van der Waals surface area contributed by atoms with Crippen LogP contribution in [0.5, 0.6) is 0 Å². The molecule has 1 N–H and O–H groups in total. The Labute approximate surface area is 194 Å². The minimum absolute atomic E-state index is 0.0258. The van der Waals surface area contributed by atoms with Gasteiger partial charge in [0.05, 0.1) is 6.10 Å². The predicted molar refractivity (Wildman–Crippen MR) is 113 cm³/mol. The summed E-state index contributed by atoms with van der Waals surface area (Å²) in [7, 11) is -3.04. The van der Waals surface area contributed by atoms with Crippen LogP contribution in [0, 0.1) is 0 Å². The van der Waals surface area contributed by atoms with Crippen LogP contribution >= 0.6 is 34.8 Å². The Morgan fingerprint density at radius 1 is 1.42 bits per heavy atom. The fourth-order valence-electron chi connectivity index (χ4n) is 3.95. The van der Waals surface area contributed by atoms with E-state index >= 15 is 0 Å². The first-order chi connectivity index (χ1) is 14.4. The number of guanidine groups is 1. The van der Waals surface area contributed by atoms with E-state index in [-0.39, 0.29) is 18.5 Å². The molecule has 0 aromatic heterocycles. The van der Waals surface area contributed by atoms with Crippen LogP contribution in [0.4, 0.5) is 0 Å². The number of hydrogen-bond acceptors (Lipinski definition) is 8. The molecule has 1 aliphatic heterocycles. The maximum absolute atomic E-state index is 12.7. The van der Waals surface area contributed by atoms with Gasteiger partial charge in [-0.25, -0.2) is 13.9 Å². The van der Waals surface area contributed by atoms with E-state index < -0.39 is 44.3 Å². The fourth-order valence-corrected chi connectivity index (χ4v) is 5.06. The molecule has 14 heteroatoms. The highest BCUT2D eigenvalue weighted by Crippen LogP contribution is 2.47. The lowest BCUT2D eigenvalue weighted by Crippen LogP contribution is -2.62. The summed E-state index contributed by atoms with van der Waals surface area (Å²) in [6.45, 7) is 0.473. The number of carbonyl (C=O) groups excluding carboxylic acids is 2. The summed E-state index contributed by atoms with van der Waals surface area (Å²) in [6.07, 6.45) is 4.71. The van der Waals surface area contributed by atoms with Crippen molar-refractivity contribution in [2.45, 2.75) is 41.2 Å². The van der Waals surface area contributed by atoms with Gasteiger partial charge >= 0.3 is 10.3 Å². The molecule has 0 unspecified atom stereocenters. The van der Waals surface area contributed by atoms with Crippen molar-refractivity contribution in [3.63, 3.8) is 0 Å². The van der Waals surface area contributed by atoms with Crippen molar-refractivity contribution in [1.82, 2.24) is 9.62 Å². The molecule has 172 valence electrons. The molecule has 0 aromatic carbocycles. The quantitative estimate of drug-likeness (QED) is 0.418. The number of ketones is 1. The highest BCUT2D eigenvalue weighted by atomic mass is 35.6. The fraction of sp³-hybridized carbons (Fsp3) is 0.588. The second-order valence-corrected chi connectivity index (χ2v) is 10.9. The van der Waals surface area contributed by atoms with Crippen molar-refractivity contribution in [3.05, 3.63) is 23.8 Å². The summed E-state index contributed by atoms with van der Waals surface area (Å²) < 4.78 is 40.4. The van der Waals surface area contributed by atoms with E-state index in [1.165, 1.54) is 31.1 Å². The third kappa shape index (κ3) is 5.08. The number of alkyl halides is 3. The van der Waals surface area contributed by atoms with Crippen molar-refractivity contribution in [1.29, 1.82) is 0 Å². The van der Waals surface area contributed by atoms with Crippen LogP contribution in [-0.4, -0.2) is 73.0 Å². The van der Waals surface area contributed by atoms with Gasteiger partial charge in [0.15, 0.2) is 5.78 Å². The third-order valence-electron chi connectivity index (χ3n) is 4.99. The van der Waals surface area contributed by atoms with Gasteiger partial charge in [0.1, 0.15) is 25.0 Å². The highest BCUT2D eigenvalue weighted by Gasteiger charge is 2.59. The number of nitrogens with one attached hydrogen (secondary N) is 1. The van der Waals surface area contributed by atoms with Crippen molar-refractivity contribution in [2.24, 2.45) is 4.99 Å². The second-order valence-electron chi connectivity index (χ2n) is 7.07. The van der Waals surface area contributed by atoms with Crippen LogP contribution in [0.15, 0.2) is 28.8 Å². The van der Waals surface area contributed by atoms with Gasteiger partial charge in [-0.3, -0.25) is 14.5 Å². The zero-order chi connectivity index (χ0) is 23.0. The summed E-state index contributed by atoms with van der Waals surface area (Å²) in [5, 5.41) is 0. The van der Waals surface area contributed by atoms with Gasteiger partial charge in [-0.1, -0.05) is 34.8 Å². The van der Waals surface area contributed by atoms with E-state index in [9.17, 15) is 18.0 Å². The SMILES string of the molecule is COCO[C@@H]1CCC2=CC(=O)C=C[C@@]23[C@@H]1N=C(NS(=O)(=O)OCC(Cl)(Cl)Cl)N3C(C)=O. The van der Waals surface area contributed by atoms with Crippen LogP contribution in [0.25, 0.3) is 0 Å². The minimum Gasteiger partial charge on any atom is -0.359 e. The molecule has 3 rings (SSSR count). The molecular weight excluding hydrogens is 497 g/mol. The Kier molecular flexibility index (Phi) is 7.07. The van der Waals surface area contributed by atoms with Crippen molar-refractivity contribution < 1.29 is 31.7 Å². The monoisotopic (exact) mass is 515 g/mol. The zero-order valence-electron chi connectivity index (χ0n) is 16.5. The van der Waals surface area contributed by atoms with Crippen molar-refractivity contribution in [3.8, 4) is 0 Å². The number of amides is 1. The first-order valence-electron chi connectivity index (χ1n) is 9.07. The number of hydrogen-bond donors (Lipinski definition) is 1. The molecule has 10 nitrogen and oxygen atoms in total. The maximum Gasteiger partial charge on any atom is 0.362 e. The summed E-state index contributed by atoms with van der Waals surface area (Å²) in [6, 6.07) is -0.734. The van der Waals surface area contributed by atoms with E-state index in [0.717, 1.165) is 0 Å². The first-order valence-corrected chi connectivity index (χ1v) is 11.6. The van der Waals surface area contributed by atoms with Crippen molar-refractivity contribution in [2.75, 3.05) is 20.5 Å². The van der Waals surface area contributed by atoms with Gasteiger partial charge in [0.25, 0.3) is 0 Å². The number of carbonyl (C=O) groups is 2. The average Bonchev–Trinajstić information content (AvgIpc) is 2.98. The number of ether oxygens (including phenoxy) is 2. The molecule has 1 amide bonds. The number of rotatable bonds is 6. The lowest BCUT2D eigenvalue weighted by atomic mass is 9.69. The topological polar surface area (TPSA) is 124 Å². The second kappa shape index (κ2) is 8.97. The van der Waals surface area contributed by atoms with E-state index in [1.807, 2.05) is 0 Å². The van der Waals surface area contributed by atoms with E-state index in [4.69, 9.17) is 44.3 Å². The Morgan fingerprint density at radius 2 is 2.13 bits per heavy atom. The smallest absolute Gasteiger partial charge is 0.359 e. The molecule has 0 aromatic rings. The number of methoxy groups -OCH3 is 1. The van der Waals surface area contributed by atoms with Crippen LogP contribution in [0.1, 0.15) is 19.8 Å². The van der Waals surface area contributed by atoms with Gasteiger partial charge in [-0.2, -0.15) is 8.42 Å². The summed E-state index contributed by atoms with van der Waals surface area (Å²) in [5.74, 6) is -1.04. The van der Waals surface area contributed by atoms with Crippen molar-refractivity contribution >= 4 is 62.8 Å². The molecule has 0 saturated heterocycles. The first kappa shape index (κ1) is 24.4. The van der Waals surface area contributed by atoms with Crippen LogP contribution < -0.4 is 4.72 Å². The van der Waals surface area contributed by atoms with E-state index in [0.29, 0.717) is 18.4 Å². The maximum atomic E-state index is 12.7. The Balaban J connectivity index is 2.00. The molecule has 1 fully saturated rings. The van der Waals surface area contributed by atoms with Crippen LogP contribution in [-0.2, 0) is 33.6 Å². The van der Waals surface area contributed by atoms with E-state index in [1.54, 1.807) is 6.08 Å². The van der Waals surface area contributed by atoms with Gasteiger partial charge in [0, 0.05) is 14.0 Å². The van der Waals surface area contributed by atoms with Gasteiger partial charge in [-0.05, 0) is 36.6 Å². The number of aliphatic imine (C=N–C) groups is 1. The van der Waals surface area contributed by atoms with Gasteiger partial charge in [0.2, 0.25) is 15.7 Å². The van der Waals surface area contributed by atoms with Crippen LogP contribution in [0.2, 0.25) is 0 Å². The number of nitrogens with zero attached hydrogens (tertiary/aromatic N) is 2. The molecule has 1 spiro atoms. The zero-order valence-corrected chi connectivity index (χ0v) is 19.6. The molecule has 0 radical (unpaired) electrons. The summed E-state index contributed by atoms with van der Waals surface area (Å²) in [4.78, 5) is 30.3. The number of allylic oxidation sites excluding steroid dienone is 2. The largest absolute Gasteiger partial charge is 0.362 e. The molecule has 3 aliphatic rings. The molecule has 1 heterocycles. The molecular formula is C17H20Cl3N3O7S. The summed E-state index contributed by atoms with van der Waals surface area (Å²) in [5.41, 5.74) is -0.582. The van der Waals surface area contributed by atoms with Crippen LogP contribution in [0.3, 0.4) is 0 Å². The lowest BCUT2D eigenvalue weighted by molar-refractivity contribution is -0.130. The minimum atomic E-state index is -4.50.